The minimum Gasteiger partial charge on any atom is -0.388 e. The molecule has 0 spiro atoms. The number of rotatable bonds is 9. The Bertz CT molecular complexity index is 978. The summed E-state index contributed by atoms with van der Waals surface area (Å²) in [4.78, 5) is 25.9. The summed E-state index contributed by atoms with van der Waals surface area (Å²) in [5.74, 6) is 2.01. The zero-order chi connectivity index (χ0) is 27.0. The third-order valence-corrected chi connectivity index (χ3v) is 10.2. The van der Waals surface area contributed by atoms with Crippen LogP contribution in [0.2, 0.25) is 0 Å². The van der Waals surface area contributed by atoms with Crippen LogP contribution in [0.1, 0.15) is 98.3 Å². The van der Waals surface area contributed by atoms with Crippen LogP contribution in [0.5, 0.6) is 0 Å². The van der Waals surface area contributed by atoms with Crippen LogP contribution in [-0.2, 0) is 9.59 Å². The minimum atomic E-state index is -0.714. The van der Waals surface area contributed by atoms with E-state index in [9.17, 15) is 19.8 Å². The van der Waals surface area contributed by atoms with E-state index in [0.29, 0.717) is 48.5 Å². The van der Waals surface area contributed by atoms with Crippen molar-refractivity contribution >= 4 is 11.6 Å². The number of allylic oxidation sites excluding steroid dienone is 5. The standard InChI is InChI=1S/C33H48O4/c1-21(2)8-14-30(36)33(17-18-33)31(37)15-9-22(3)26-12-13-27-25(7-6-16-32(26,27)5)11-10-24-19-28(34)23(4)29(35)20-24/h9-11,15,21-22,26-29,34-35H,4,6-8,12-14,16-20H2,1-3,5H3/b15-9+,25-11+/t22-,26+,27-,28+,29+,32+/m0/s1. The Morgan fingerprint density at radius 2 is 1.73 bits per heavy atom. The van der Waals surface area contributed by atoms with Crippen LogP contribution in [0.3, 0.4) is 0 Å². The normalized spacial score (nSPS) is 35.2. The molecule has 4 nitrogen and oxygen atoms in total. The second kappa shape index (κ2) is 11.1. The number of carbonyl (C=O) groups is 2. The smallest absolute Gasteiger partial charge is 0.168 e. The quantitative estimate of drug-likeness (QED) is 0.207. The van der Waals surface area contributed by atoms with Gasteiger partial charge in [-0.05, 0) is 105 Å². The minimum absolute atomic E-state index is 0.0307. The molecule has 0 saturated heterocycles. The largest absolute Gasteiger partial charge is 0.388 e. The molecule has 0 unspecified atom stereocenters. The fourth-order valence-electron chi connectivity index (χ4n) is 7.55. The summed E-state index contributed by atoms with van der Waals surface area (Å²) in [6.07, 6.45) is 16.7. The maximum absolute atomic E-state index is 13.1. The van der Waals surface area contributed by atoms with Gasteiger partial charge in [0.05, 0.1) is 17.6 Å². The van der Waals surface area contributed by atoms with Gasteiger partial charge in [0.2, 0.25) is 0 Å². The van der Waals surface area contributed by atoms with Crippen molar-refractivity contribution in [3.05, 3.63) is 47.6 Å². The number of fused-ring (bicyclic) bond motifs is 1. The topological polar surface area (TPSA) is 74.6 Å². The van der Waals surface area contributed by atoms with Crippen molar-refractivity contribution in [3.8, 4) is 0 Å². The van der Waals surface area contributed by atoms with E-state index in [1.54, 1.807) is 6.08 Å². The summed E-state index contributed by atoms with van der Waals surface area (Å²) in [5.41, 5.74) is 2.61. The highest BCUT2D eigenvalue weighted by Crippen LogP contribution is 2.59. The number of aliphatic hydroxyl groups excluding tert-OH is 2. The van der Waals surface area contributed by atoms with Crippen LogP contribution in [0.4, 0.5) is 0 Å². The van der Waals surface area contributed by atoms with Crippen LogP contribution in [0, 0.1) is 34.5 Å². The maximum atomic E-state index is 13.1. The lowest BCUT2D eigenvalue weighted by Gasteiger charge is -2.44. The van der Waals surface area contributed by atoms with E-state index in [2.05, 4.69) is 52.5 Å². The van der Waals surface area contributed by atoms with Crippen molar-refractivity contribution in [2.75, 3.05) is 0 Å². The molecular weight excluding hydrogens is 460 g/mol. The molecule has 0 aromatic rings. The van der Waals surface area contributed by atoms with Crippen LogP contribution in [0.15, 0.2) is 47.6 Å². The first-order valence-electron chi connectivity index (χ1n) is 14.7. The van der Waals surface area contributed by atoms with Crippen LogP contribution in [-0.4, -0.2) is 34.0 Å². The Labute approximate surface area is 224 Å². The summed E-state index contributed by atoms with van der Waals surface area (Å²) >= 11 is 0. The molecular formula is C33H48O4. The van der Waals surface area contributed by atoms with Crippen LogP contribution >= 0.6 is 0 Å². The van der Waals surface area contributed by atoms with E-state index < -0.39 is 17.6 Å². The van der Waals surface area contributed by atoms with Gasteiger partial charge in [-0.15, -0.1) is 0 Å². The molecule has 0 radical (unpaired) electrons. The molecule has 0 heterocycles. The first-order valence-corrected chi connectivity index (χ1v) is 14.7. The lowest BCUT2D eigenvalue weighted by Crippen LogP contribution is -2.35. The van der Waals surface area contributed by atoms with E-state index >= 15 is 0 Å². The van der Waals surface area contributed by atoms with Crippen molar-refractivity contribution in [3.63, 3.8) is 0 Å². The second-order valence-corrected chi connectivity index (χ2v) is 13.2. The molecule has 4 rings (SSSR count). The highest BCUT2D eigenvalue weighted by Gasteiger charge is 2.54. The Hall–Kier alpha value is -1.78. The maximum Gasteiger partial charge on any atom is 0.168 e. The average Bonchev–Trinajstić information content (AvgIpc) is 3.59. The molecule has 4 fully saturated rings. The number of hydrogen-bond donors (Lipinski definition) is 2. The van der Waals surface area contributed by atoms with Gasteiger partial charge in [0.1, 0.15) is 5.78 Å². The first-order chi connectivity index (χ1) is 17.5. The summed E-state index contributed by atoms with van der Waals surface area (Å²) in [6.45, 7) is 12.8. The predicted molar refractivity (Wildman–Crippen MR) is 149 cm³/mol. The fourth-order valence-corrected chi connectivity index (χ4v) is 7.55. The summed E-state index contributed by atoms with van der Waals surface area (Å²) in [6, 6.07) is 0. The zero-order valence-electron chi connectivity index (χ0n) is 23.5. The van der Waals surface area contributed by atoms with Crippen molar-refractivity contribution in [1.82, 2.24) is 0 Å². The molecule has 4 heteroatoms. The number of Topliss-reactive ketones (excluding diaryl/α,β-unsaturated/α-hetero) is 1. The number of hydrogen-bond acceptors (Lipinski definition) is 4. The number of carbonyl (C=O) groups excluding carboxylic acids is 2. The van der Waals surface area contributed by atoms with E-state index in [1.165, 1.54) is 24.8 Å². The number of ketones is 2. The molecule has 0 amide bonds. The van der Waals surface area contributed by atoms with E-state index in [4.69, 9.17) is 0 Å². The van der Waals surface area contributed by atoms with E-state index in [1.807, 2.05) is 0 Å². The van der Waals surface area contributed by atoms with Gasteiger partial charge >= 0.3 is 0 Å². The van der Waals surface area contributed by atoms with Crippen LogP contribution < -0.4 is 0 Å². The Morgan fingerprint density at radius 1 is 1.05 bits per heavy atom. The van der Waals surface area contributed by atoms with Crippen molar-refractivity contribution in [2.24, 2.45) is 34.5 Å². The molecule has 6 atom stereocenters. The monoisotopic (exact) mass is 508 g/mol. The Balaban J connectivity index is 1.41. The highest BCUT2D eigenvalue weighted by atomic mass is 16.3. The lowest BCUT2D eigenvalue weighted by atomic mass is 9.61. The molecule has 204 valence electrons. The Morgan fingerprint density at radius 3 is 2.35 bits per heavy atom. The van der Waals surface area contributed by atoms with E-state index in [0.717, 1.165) is 37.7 Å². The third-order valence-electron chi connectivity index (χ3n) is 10.2. The van der Waals surface area contributed by atoms with Gasteiger partial charge in [-0.3, -0.25) is 9.59 Å². The molecule has 0 aliphatic heterocycles. The predicted octanol–water partition coefficient (Wildman–Crippen LogP) is 6.67. The van der Waals surface area contributed by atoms with Gasteiger partial charge in [0.15, 0.2) is 5.78 Å². The van der Waals surface area contributed by atoms with E-state index in [-0.39, 0.29) is 17.0 Å². The van der Waals surface area contributed by atoms with Gasteiger partial charge in [-0.2, -0.15) is 0 Å². The fraction of sp³-hybridized carbons (Fsp3) is 0.697. The van der Waals surface area contributed by atoms with Gasteiger partial charge in [0, 0.05) is 6.42 Å². The van der Waals surface area contributed by atoms with Crippen molar-refractivity contribution in [2.45, 2.75) is 111 Å². The molecule has 0 aromatic heterocycles. The molecule has 0 aromatic carbocycles. The van der Waals surface area contributed by atoms with Gasteiger partial charge in [-0.1, -0.05) is 63.6 Å². The van der Waals surface area contributed by atoms with Crippen LogP contribution in [0.25, 0.3) is 0 Å². The molecule has 0 bridgehead atoms. The summed E-state index contributed by atoms with van der Waals surface area (Å²) in [5, 5.41) is 20.4. The van der Waals surface area contributed by atoms with Crippen molar-refractivity contribution in [1.29, 1.82) is 0 Å². The highest BCUT2D eigenvalue weighted by molar-refractivity contribution is 6.14. The molecule has 2 N–H and O–H groups in total. The second-order valence-electron chi connectivity index (χ2n) is 13.2. The SMILES string of the molecule is C=C1[C@H](O)CC(=C/C=C2\CCC[C@]3(C)[C@@H]([C@@H](C)/C=C/C(=O)C4(C(=O)CCC(C)C)CC4)CC[C@@H]23)C[C@H]1O. The molecule has 4 aliphatic carbocycles. The molecule has 4 saturated carbocycles. The van der Waals surface area contributed by atoms with Gasteiger partial charge < -0.3 is 10.2 Å². The van der Waals surface area contributed by atoms with Gasteiger partial charge in [-0.25, -0.2) is 0 Å². The number of aliphatic hydroxyl groups is 2. The van der Waals surface area contributed by atoms with Crippen molar-refractivity contribution < 1.29 is 19.8 Å². The summed E-state index contributed by atoms with van der Waals surface area (Å²) in [7, 11) is 0. The lowest BCUT2D eigenvalue weighted by molar-refractivity contribution is -0.132. The zero-order valence-corrected chi connectivity index (χ0v) is 23.5. The molecule has 4 aliphatic rings. The Kier molecular flexibility index (Phi) is 8.50. The van der Waals surface area contributed by atoms with Gasteiger partial charge in [0.25, 0.3) is 0 Å². The molecule has 37 heavy (non-hydrogen) atoms. The third kappa shape index (κ3) is 5.81. The first kappa shape index (κ1) is 28.2. The average molecular weight is 509 g/mol. The summed E-state index contributed by atoms with van der Waals surface area (Å²) < 4.78 is 0.